The first-order chi connectivity index (χ1) is 15.0. The van der Waals surface area contributed by atoms with Crippen LogP contribution in [0, 0.1) is 6.92 Å². The molecule has 0 amide bonds. The largest absolute Gasteiger partial charge is 0.457 e. The number of nitrogens with two attached hydrogens (primary N) is 1. The van der Waals surface area contributed by atoms with Crippen LogP contribution < -0.4 is 20.7 Å². The molecule has 0 unspecified atom stereocenters. The molecule has 2 heterocycles. The fourth-order valence-electron chi connectivity index (χ4n) is 3.08. The third kappa shape index (κ3) is 5.08. The van der Waals surface area contributed by atoms with Crippen LogP contribution >= 0.6 is 0 Å². The molecule has 2 aromatic heterocycles. The molecule has 156 valence electrons. The molecule has 0 saturated heterocycles. The maximum Gasteiger partial charge on any atom is 0.222 e. The normalized spacial score (nSPS) is 10.5. The molecule has 7 heteroatoms. The maximum atomic E-state index is 5.96. The number of nitrogens with zero attached hydrogens (tertiary/aromatic N) is 4. The number of aryl methyl sites for hydroxylation is 1. The smallest absolute Gasteiger partial charge is 0.222 e. The third-order valence-electron chi connectivity index (χ3n) is 4.65. The number of anilines is 4. The molecule has 0 aliphatic carbocycles. The monoisotopic (exact) mass is 412 g/mol. The number of aromatic nitrogens is 3. The molecule has 31 heavy (non-hydrogen) atoms. The number of rotatable bonds is 6. The first kappa shape index (κ1) is 20.2. The molecule has 0 aliphatic heterocycles. The summed E-state index contributed by atoms with van der Waals surface area (Å²) in [4.78, 5) is 14.9. The van der Waals surface area contributed by atoms with Crippen LogP contribution in [0.3, 0.4) is 0 Å². The van der Waals surface area contributed by atoms with Crippen LogP contribution in [0.15, 0.2) is 72.9 Å². The van der Waals surface area contributed by atoms with Crippen molar-refractivity contribution in [1.82, 2.24) is 15.0 Å². The SMILES string of the molecule is Cc1cc(Oc2ccc(Nc3cc(-c4ccc(N(C)C)cc4)nc(N)n3)cc2)ccn1. The molecule has 0 aliphatic rings. The summed E-state index contributed by atoms with van der Waals surface area (Å²) in [6.45, 7) is 1.93. The lowest BCUT2D eigenvalue weighted by atomic mass is 10.1. The molecule has 4 rings (SSSR count). The Morgan fingerprint density at radius 2 is 1.61 bits per heavy atom. The predicted octanol–water partition coefficient (Wildman–Crippen LogP) is 5.03. The average Bonchev–Trinajstić information content (AvgIpc) is 2.75. The van der Waals surface area contributed by atoms with Gasteiger partial charge in [-0.15, -0.1) is 0 Å². The van der Waals surface area contributed by atoms with Gasteiger partial charge in [0.15, 0.2) is 0 Å². The molecule has 0 bridgehead atoms. The van der Waals surface area contributed by atoms with Gasteiger partial charge in [0.2, 0.25) is 5.95 Å². The van der Waals surface area contributed by atoms with Gasteiger partial charge in [-0.25, -0.2) is 4.98 Å². The Morgan fingerprint density at radius 3 is 2.29 bits per heavy atom. The van der Waals surface area contributed by atoms with Crippen molar-refractivity contribution in [2.75, 3.05) is 30.0 Å². The Kier molecular flexibility index (Phi) is 5.66. The molecule has 7 nitrogen and oxygen atoms in total. The highest BCUT2D eigenvalue weighted by molar-refractivity contribution is 5.69. The Morgan fingerprint density at radius 1 is 0.871 bits per heavy atom. The lowest BCUT2D eigenvalue weighted by Crippen LogP contribution is -2.08. The van der Waals surface area contributed by atoms with Crippen LogP contribution in [0.5, 0.6) is 11.5 Å². The zero-order valence-corrected chi connectivity index (χ0v) is 17.7. The molecule has 0 saturated carbocycles. The van der Waals surface area contributed by atoms with E-state index in [4.69, 9.17) is 10.5 Å². The number of pyridine rings is 1. The predicted molar refractivity (Wildman–Crippen MR) is 125 cm³/mol. The van der Waals surface area contributed by atoms with E-state index in [2.05, 4.69) is 20.3 Å². The number of hydrogen-bond acceptors (Lipinski definition) is 7. The Bertz CT molecular complexity index is 1170. The van der Waals surface area contributed by atoms with Gasteiger partial charge in [0.1, 0.15) is 17.3 Å². The van der Waals surface area contributed by atoms with Crippen molar-refractivity contribution < 1.29 is 4.74 Å². The first-order valence-corrected chi connectivity index (χ1v) is 9.86. The number of hydrogen-bond donors (Lipinski definition) is 2. The molecular weight excluding hydrogens is 388 g/mol. The maximum absolute atomic E-state index is 5.96. The molecule has 0 atom stereocenters. The van der Waals surface area contributed by atoms with Gasteiger partial charge in [-0.3, -0.25) is 4.98 Å². The standard InChI is InChI=1S/C24H24N6O/c1-16-14-21(12-13-26-16)31-20-10-6-18(7-11-20)27-23-15-22(28-24(25)29-23)17-4-8-19(9-5-17)30(2)3/h4-15H,1-3H3,(H3,25,27,28,29). The second kappa shape index (κ2) is 8.71. The van der Waals surface area contributed by atoms with Gasteiger partial charge >= 0.3 is 0 Å². The van der Waals surface area contributed by atoms with Crippen molar-refractivity contribution in [2.24, 2.45) is 0 Å². The van der Waals surface area contributed by atoms with Crippen molar-refractivity contribution in [3.63, 3.8) is 0 Å². The Labute approximate surface area is 181 Å². The minimum Gasteiger partial charge on any atom is -0.457 e. The second-order valence-electron chi connectivity index (χ2n) is 7.32. The van der Waals surface area contributed by atoms with Crippen molar-refractivity contribution in [3.05, 3.63) is 78.6 Å². The van der Waals surface area contributed by atoms with Gasteiger partial charge in [-0.1, -0.05) is 12.1 Å². The Balaban J connectivity index is 1.50. The number of nitrogen functional groups attached to an aromatic ring is 1. The summed E-state index contributed by atoms with van der Waals surface area (Å²) in [6, 6.07) is 21.4. The van der Waals surface area contributed by atoms with E-state index in [1.165, 1.54) is 0 Å². The van der Waals surface area contributed by atoms with Crippen molar-refractivity contribution >= 4 is 23.1 Å². The van der Waals surface area contributed by atoms with Gasteiger partial charge < -0.3 is 20.7 Å². The number of benzene rings is 2. The highest BCUT2D eigenvalue weighted by Crippen LogP contribution is 2.27. The van der Waals surface area contributed by atoms with Gasteiger partial charge in [0, 0.05) is 55.1 Å². The fraction of sp³-hybridized carbons (Fsp3) is 0.125. The van der Waals surface area contributed by atoms with Crippen LogP contribution in [0.4, 0.5) is 23.1 Å². The van der Waals surface area contributed by atoms with E-state index in [1.54, 1.807) is 6.20 Å². The van der Waals surface area contributed by atoms with Gasteiger partial charge in [0.25, 0.3) is 0 Å². The van der Waals surface area contributed by atoms with Crippen LogP contribution in [0.2, 0.25) is 0 Å². The molecule has 4 aromatic rings. The zero-order chi connectivity index (χ0) is 21.8. The summed E-state index contributed by atoms with van der Waals surface area (Å²) in [5.41, 5.74) is 10.6. The topological polar surface area (TPSA) is 89.2 Å². The minimum atomic E-state index is 0.213. The summed E-state index contributed by atoms with van der Waals surface area (Å²) >= 11 is 0. The van der Waals surface area contributed by atoms with Crippen molar-refractivity contribution in [2.45, 2.75) is 6.92 Å². The summed E-state index contributed by atoms with van der Waals surface area (Å²) in [5, 5.41) is 3.28. The lowest BCUT2D eigenvalue weighted by molar-refractivity contribution is 0.481. The number of nitrogens with one attached hydrogen (secondary N) is 1. The first-order valence-electron chi connectivity index (χ1n) is 9.86. The summed E-state index contributed by atoms with van der Waals surface area (Å²) in [7, 11) is 4.02. The fourth-order valence-corrected chi connectivity index (χ4v) is 3.08. The van der Waals surface area contributed by atoms with E-state index in [1.807, 2.05) is 92.6 Å². The summed E-state index contributed by atoms with van der Waals surface area (Å²) in [6.07, 6.45) is 1.73. The van der Waals surface area contributed by atoms with Gasteiger partial charge in [-0.05, 0) is 49.4 Å². The highest BCUT2D eigenvalue weighted by Gasteiger charge is 2.07. The minimum absolute atomic E-state index is 0.213. The van der Waals surface area contributed by atoms with E-state index < -0.39 is 0 Å². The Hall–Kier alpha value is -4.13. The molecule has 0 fully saturated rings. The summed E-state index contributed by atoms with van der Waals surface area (Å²) in [5.74, 6) is 2.32. The second-order valence-corrected chi connectivity index (χ2v) is 7.32. The zero-order valence-electron chi connectivity index (χ0n) is 17.7. The quantitative estimate of drug-likeness (QED) is 0.459. The third-order valence-corrected chi connectivity index (χ3v) is 4.65. The average molecular weight is 412 g/mol. The molecule has 0 spiro atoms. The van der Waals surface area contributed by atoms with E-state index >= 15 is 0 Å². The van der Waals surface area contributed by atoms with E-state index in [-0.39, 0.29) is 5.95 Å². The molecule has 2 aromatic carbocycles. The van der Waals surface area contributed by atoms with Crippen LogP contribution in [0.25, 0.3) is 11.3 Å². The van der Waals surface area contributed by atoms with Crippen molar-refractivity contribution in [1.29, 1.82) is 0 Å². The van der Waals surface area contributed by atoms with E-state index in [9.17, 15) is 0 Å². The van der Waals surface area contributed by atoms with Gasteiger partial charge in [0.05, 0.1) is 5.69 Å². The molecule has 3 N–H and O–H groups in total. The van der Waals surface area contributed by atoms with Crippen LogP contribution in [-0.4, -0.2) is 29.0 Å². The summed E-state index contributed by atoms with van der Waals surface area (Å²) < 4.78 is 5.87. The lowest BCUT2D eigenvalue weighted by Gasteiger charge is -2.13. The van der Waals surface area contributed by atoms with Gasteiger partial charge in [-0.2, -0.15) is 4.98 Å². The number of ether oxygens (including phenoxy) is 1. The van der Waals surface area contributed by atoms with E-state index in [0.29, 0.717) is 5.82 Å². The van der Waals surface area contributed by atoms with Crippen LogP contribution in [-0.2, 0) is 0 Å². The van der Waals surface area contributed by atoms with Crippen molar-refractivity contribution in [3.8, 4) is 22.8 Å². The molecule has 0 radical (unpaired) electrons. The molecular formula is C24H24N6O. The van der Waals surface area contributed by atoms with E-state index in [0.717, 1.165) is 39.8 Å². The highest BCUT2D eigenvalue weighted by atomic mass is 16.5. The van der Waals surface area contributed by atoms with Crippen LogP contribution in [0.1, 0.15) is 5.69 Å².